The van der Waals surface area contributed by atoms with Crippen molar-refractivity contribution in [1.29, 1.82) is 5.41 Å². The Hall–Kier alpha value is -0.370. The van der Waals surface area contributed by atoms with Crippen LogP contribution in [-0.2, 0) is 0 Å². The van der Waals surface area contributed by atoms with E-state index in [9.17, 15) is 0 Å². The molecule has 0 aromatic heterocycles. The summed E-state index contributed by atoms with van der Waals surface area (Å²) in [5.74, 6) is 0.386. The smallest absolute Gasteiger partial charge is 0.0431 e. The molecule has 0 saturated heterocycles. The van der Waals surface area contributed by atoms with Gasteiger partial charge in [0.2, 0.25) is 0 Å². The lowest BCUT2D eigenvalue weighted by molar-refractivity contribution is 0.278. The van der Waals surface area contributed by atoms with E-state index in [1.807, 2.05) is 0 Å². The standard InChI is InChI=1S/C7H15NO/c1-2-7(6-8)4-3-5-9/h6-9H,2-5H2,1H3/t7-/m1/s1. The van der Waals surface area contributed by atoms with Gasteiger partial charge in [-0.15, -0.1) is 0 Å². The molecule has 0 rings (SSSR count). The first-order chi connectivity index (χ1) is 4.35. The first-order valence-electron chi connectivity index (χ1n) is 3.46. The molecule has 0 saturated carbocycles. The van der Waals surface area contributed by atoms with E-state index < -0.39 is 0 Å². The molecule has 0 bridgehead atoms. The van der Waals surface area contributed by atoms with E-state index in [2.05, 4.69) is 6.92 Å². The maximum Gasteiger partial charge on any atom is 0.0431 e. The van der Waals surface area contributed by atoms with E-state index in [0.717, 1.165) is 19.3 Å². The number of aliphatic hydroxyl groups is 1. The average Bonchev–Trinajstić information content (AvgIpc) is 1.91. The van der Waals surface area contributed by atoms with E-state index in [4.69, 9.17) is 10.5 Å². The molecule has 0 radical (unpaired) electrons. The molecule has 0 fully saturated rings. The zero-order valence-corrected chi connectivity index (χ0v) is 5.93. The van der Waals surface area contributed by atoms with Crippen molar-refractivity contribution in [2.24, 2.45) is 5.92 Å². The summed E-state index contributed by atoms with van der Waals surface area (Å²) in [6.45, 7) is 2.32. The highest BCUT2D eigenvalue weighted by molar-refractivity contribution is 5.56. The molecular weight excluding hydrogens is 114 g/mol. The minimum atomic E-state index is 0.254. The van der Waals surface area contributed by atoms with Crippen LogP contribution in [0.2, 0.25) is 0 Å². The molecule has 1 atom stereocenters. The molecule has 0 aliphatic rings. The number of nitrogens with one attached hydrogen (secondary N) is 1. The Balaban J connectivity index is 3.20. The van der Waals surface area contributed by atoms with Crippen molar-refractivity contribution < 1.29 is 5.11 Å². The van der Waals surface area contributed by atoms with Gasteiger partial charge in [0, 0.05) is 6.61 Å². The summed E-state index contributed by atoms with van der Waals surface area (Å²) in [6.07, 6.45) is 4.27. The molecule has 0 spiro atoms. The predicted molar refractivity (Wildman–Crippen MR) is 38.9 cm³/mol. The molecule has 0 heterocycles. The van der Waals surface area contributed by atoms with Gasteiger partial charge < -0.3 is 10.5 Å². The number of aliphatic hydroxyl groups excluding tert-OH is 1. The Labute approximate surface area is 56.4 Å². The molecule has 0 aliphatic heterocycles. The summed E-state index contributed by atoms with van der Waals surface area (Å²) in [5.41, 5.74) is 0. The van der Waals surface area contributed by atoms with Gasteiger partial charge in [-0.25, -0.2) is 0 Å². The summed E-state index contributed by atoms with van der Waals surface area (Å²) in [5, 5.41) is 15.4. The third-order valence-electron chi connectivity index (χ3n) is 1.49. The lowest BCUT2D eigenvalue weighted by atomic mass is 10.0. The molecule has 2 N–H and O–H groups in total. The van der Waals surface area contributed by atoms with Crippen LogP contribution >= 0.6 is 0 Å². The van der Waals surface area contributed by atoms with Crippen LogP contribution in [0, 0.1) is 11.3 Å². The highest BCUT2D eigenvalue weighted by Crippen LogP contribution is 2.06. The molecule has 9 heavy (non-hydrogen) atoms. The van der Waals surface area contributed by atoms with Gasteiger partial charge in [0.15, 0.2) is 0 Å². The van der Waals surface area contributed by atoms with Crippen LogP contribution in [-0.4, -0.2) is 17.9 Å². The Bertz CT molecular complexity index is 73.3. The highest BCUT2D eigenvalue weighted by atomic mass is 16.2. The first kappa shape index (κ1) is 8.63. The Morgan fingerprint density at radius 1 is 1.67 bits per heavy atom. The Morgan fingerprint density at radius 2 is 2.33 bits per heavy atom. The fourth-order valence-corrected chi connectivity index (χ4v) is 0.759. The third kappa shape index (κ3) is 4.15. The lowest BCUT2D eigenvalue weighted by Crippen LogP contribution is -2.00. The van der Waals surface area contributed by atoms with Gasteiger partial charge in [0.25, 0.3) is 0 Å². The summed E-state index contributed by atoms with van der Waals surface area (Å²) in [7, 11) is 0. The molecule has 0 amide bonds. The lowest BCUT2D eigenvalue weighted by Gasteiger charge is -2.04. The molecule has 0 unspecified atom stereocenters. The zero-order valence-electron chi connectivity index (χ0n) is 5.93. The molecule has 2 heteroatoms. The quantitative estimate of drug-likeness (QED) is 0.542. The summed E-state index contributed by atoms with van der Waals surface area (Å²) in [4.78, 5) is 0. The van der Waals surface area contributed by atoms with Crippen LogP contribution in [0.1, 0.15) is 26.2 Å². The molecule has 2 nitrogen and oxygen atoms in total. The van der Waals surface area contributed by atoms with Gasteiger partial charge in [-0.3, -0.25) is 0 Å². The summed E-state index contributed by atoms with van der Waals surface area (Å²) >= 11 is 0. The predicted octanol–water partition coefficient (Wildman–Crippen LogP) is 1.43. The minimum absolute atomic E-state index is 0.254. The summed E-state index contributed by atoms with van der Waals surface area (Å²) in [6, 6.07) is 0. The minimum Gasteiger partial charge on any atom is -0.396 e. The second kappa shape index (κ2) is 5.76. The van der Waals surface area contributed by atoms with Crippen LogP contribution < -0.4 is 0 Å². The second-order valence-corrected chi connectivity index (χ2v) is 2.20. The Morgan fingerprint density at radius 3 is 2.67 bits per heavy atom. The van der Waals surface area contributed by atoms with Crippen molar-refractivity contribution in [3.05, 3.63) is 0 Å². The van der Waals surface area contributed by atoms with Crippen molar-refractivity contribution in [3.8, 4) is 0 Å². The van der Waals surface area contributed by atoms with Gasteiger partial charge in [0.1, 0.15) is 0 Å². The van der Waals surface area contributed by atoms with Crippen molar-refractivity contribution in [3.63, 3.8) is 0 Å². The fourth-order valence-electron chi connectivity index (χ4n) is 0.759. The normalized spacial score (nSPS) is 13.1. The molecule has 0 aromatic carbocycles. The maximum absolute atomic E-state index is 8.43. The van der Waals surface area contributed by atoms with Gasteiger partial charge in [-0.05, 0) is 31.4 Å². The summed E-state index contributed by atoms with van der Waals surface area (Å²) < 4.78 is 0. The SMILES string of the molecule is CC[C@@H](C=N)CCCO. The van der Waals surface area contributed by atoms with Crippen LogP contribution in [0.3, 0.4) is 0 Å². The van der Waals surface area contributed by atoms with Gasteiger partial charge >= 0.3 is 0 Å². The van der Waals surface area contributed by atoms with Gasteiger partial charge in [-0.1, -0.05) is 6.92 Å². The van der Waals surface area contributed by atoms with E-state index in [1.54, 1.807) is 0 Å². The van der Waals surface area contributed by atoms with E-state index in [0.29, 0.717) is 5.92 Å². The monoisotopic (exact) mass is 129 g/mol. The number of rotatable bonds is 5. The van der Waals surface area contributed by atoms with Crippen LogP contribution in [0.4, 0.5) is 0 Å². The highest BCUT2D eigenvalue weighted by Gasteiger charge is 1.99. The van der Waals surface area contributed by atoms with Crippen LogP contribution in [0.15, 0.2) is 0 Å². The van der Waals surface area contributed by atoms with E-state index in [-0.39, 0.29) is 6.61 Å². The zero-order chi connectivity index (χ0) is 7.11. The molecular formula is C7H15NO. The number of hydrogen-bond donors (Lipinski definition) is 2. The average molecular weight is 129 g/mol. The number of hydrogen-bond acceptors (Lipinski definition) is 2. The van der Waals surface area contributed by atoms with Crippen molar-refractivity contribution in [2.45, 2.75) is 26.2 Å². The second-order valence-electron chi connectivity index (χ2n) is 2.20. The van der Waals surface area contributed by atoms with Crippen molar-refractivity contribution >= 4 is 6.21 Å². The largest absolute Gasteiger partial charge is 0.396 e. The molecule has 0 aromatic rings. The molecule has 0 aliphatic carbocycles. The first-order valence-corrected chi connectivity index (χ1v) is 3.46. The van der Waals surface area contributed by atoms with Gasteiger partial charge in [-0.2, -0.15) is 0 Å². The van der Waals surface area contributed by atoms with Crippen molar-refractivity contribution in [2.75, 3.05) is 6.61 Å². The van der Waals surface area contributed by atoms with E-state index in [1.165, 1.54) is 6.21 Å². The van der Waals surface area contributed by atoms with Gasteiger partial charge in [0.05, 0.1) is 0 Å². The molecule has 54 valence electrons. The van der Waals surface area contributed by atoms with E-state index >= 15 is 0 Å². The third-order valence-corrected chi connectivity index (χ3v) is 1.49. The van der Waals surface area contributed by atoms with Crippen LogP contribution in [0.5, 0.6) is 0 Å². The Kier molecular flexibility index (Phi) is 5.52. The van der Waals surface area contributed by atoms with Crippen LogP contribution in [0.25, 0.3) is 0 Å². The fraction of sp³-hybridized carbons (Fsp3) is 0.857. The topological polar surface area (TPSA) is 44.1 Å². The van der Waals surface area contributed by atoms with Crippen molar-refractivity contribution in [1.82, 2.24) is 0 Å². The maximum atomic E-state index is 8.43.